The number of rotatable bonds is 1. The van der Waals surface area contributed by atoms with Crippen molar-refractivity contribution in [2.75, 3.05) is 0 Å². The van der Waals surface area contributed by atoms with Gasteiger partial charge < -0.3 is 5.21 Å². The van der Waals surface area contributed by atoms with Crippen molar-refractivity contribution in [2.24, 2.45) is 0 Å². The zero-order valence-corrected chi connectivity index (χ0v) is 7.08. The maximum atomic E-state index is 11.2. The van der Waals surface area contributed by atoms with Crippen molar-refractivity contribution in [3.05, 3.63) is 51.9 Å². The summed E-state index contributed by atoms with van der Waals surface area (Å²) in [4.78, 5) is 10.1. The number of hydrogen-bond acceptors (Lipinski definition) is 3. The molecule has 0 aliphatic rings. The maximum Gasteiger partial charge on any atom is 0.289 e. The summed E-state index contributed by atoms with van der Waals surface area (Å²) in [5.41, 5.74) is 0.259. The number of aromatic nitrogens is 1. The van der Waals surface area contributed by atoms with Crippen molar-refractivity contribution in [3.63, 3.8) is 0 Å². The number of pyridine rings is 1. The van der Waals surface area contributed by atoms with Crippen molar-refractivity contribution >= 4 is 16.6 Å². The minimum Gasteiger partial charge on any atom is -0.618 e. The molecule has 2 rings (SSSR count). The lowest BCUT2D eigenvalue weighted by Crippen LogP contribution is -2.26. The van der Waals surface area contributed by atoms with Gasteiger partial charge in [-0.2, -0.15) is 4.73 Å². The molecule has 0 saturated carbocycles. The van der Waals surface area contributed by atoms with E-state index in [4.69, 9.17) is 0 Å². The molecule has 0 aliphatic heterocycles. The Kier molecular flexibility index (Phi) is 1.78. The molecule has 0 amide bonds. The summed E-state index contributed by atoms with van der Waals surface area (Å²) in [6, 6.07) is 7.64. The molecule has 0 saturated heterocycles. The summed E-state index contributed by atoms with van der Waals surface area (Å²) in [6.45, 7) is 0. The van der Waals surface area contributed by atoms with Crippen LogP contribution >= 0.6 is 0 Å². The topological polar surface area (TPSA) is 70.1 Å². The van der Waals surface area contributed by atoms with E-state index in [9.17, 15) is 15.3 Å². The molecule has 0 spiro atoms. The number of nitrogens with zero attached hydrogens (tertiary/aromatic N) is 2. The molecule has 14 heavy (non-hydrogen) atoms. The predicted molar refractivity (Wildman–Crippen MR) is 49.6 cm³/mol. The van der Waals surface area contributed by atoms with Gasteiger partial charge in [0, 0.05) is 6.07 Å². The van der Waals surface area contributed by atoms with Gasteiger partial charge >= 0.3 is 0 Å². The molecule has 0 fully saturated rings. The standard InChI is InChI=1S/C9H6N2O3/c12-10-6-5-9(11(13)14)7-3-1-2-4-8(7)10/h1-6H. The molecule has 0 unspecified atom stereocenters. The third-order valence-corrected chi connectivity index (χ3v) is 1.98. The van der Waals surface area contributed by atoms with Crippen molar-refractivity contribution in [1.82, 2.24) is 0 Å². The molecule has 0 N–H and O–H groups in total. The van der Waals surface area contributed by atoms with Gasteiger partial charge in [0.2, 0.25) is 5.52 Å². The average molecular weight is 190 g/mol. The highest BCUT2D eigenvalue weighted by molar-refractivity contribution is 5.85. The average Bonchev–Trinajstić information content (AvgIpc) is 2.18. The fraction of sp³-hybridized carbons (Fsp3) is 0. The number of nitro groups is 1. The number of fused-ring (bicyclic) bond motifs is 1. The van der Waals surface area contributed by atoms with Crippen molar-refractivity contribution in [3.8, 4) is 0 Å². The van der Waals surface area contributed by atoms with Crippen LogP contribution in [-0.4, -0.2) is 4.92 Å². The van der Waals surface area contributed by atoms with Gasteiger partial charge in [0.05, 0.1) is 11.0 Å². The number of para-hydroxylation sites is 1. The summed E-state index contributed by atoms with van der Waals surface area (Å²) >= 11 is 0. The van der Waals surface area contributed by atoms with Gasteiger partial charge in [-0.05, 0) is 6.07 Å². The summed E-state index contributed by atoms with van der Waals surface area (Å²) in [7, 11) is 0. The molecule has 0 atom stereocenters. The summed E-state index contributed by atoms with van der Waals surface area (Å²) < 4.78 is 0.613. The zero-order chi connectivity index (χ0) is 10.1. The molecule has 0 bridgehead atoms. The Hall–Kier alpha value is -2.17. The third kappa shape index (κ3) is 1.15. The second kappa shape index (κ2) is 2.95. The van der Waals surface area contributed by atoms with Gasteiger partial charge in [0.15, 0.2) is 6.20 Å². The van der Waals surface area contributed by atoms with Crippen molar-refractivity contribution in [2.45, 2.75) is 0 Å². The van der Waals surface area contributed by atoms with E-state index in [1.165, 1.54) is 6.07 Å². The van der Waals surface area contributed by atoms with Gasteiger partial charge in [-0.3, -0.25) is 10.1 Å². The molecule has 0 aliphatic carbocycles. The molecule has 1 aromatic carbocycles. The Morgan fingerprint density at radius 3 is 2.64 bits per heavy atom. The first kappa shape index (κ1) is 8.43. The minimum atomic E-state index is -0.498. The minimum absolute atomic E-state index is 0.0484. The second-order valence-corrected chi connectivity index (χ2v) is 2.80. The molecule has 2 aromatic rings. The fourth-order valence-corrected chi connectivity index (χ4v) is 1.35. The molecule has 1 aromatic heterocycles. The third-order valence-electron chi connectivity index (χ3n) is 1.98. The Morgan fingerprint density at radius 1 is 1.21 bits per heavy atom. The highest BCUT2D eigenvalue weighted by atomic mass is 16.6. The van der Waals surface area contributed by atoms with E-state index in [0.29, 0.717) is 15.6 Å². The quantitative estimate of drug-likeness (QED) is 0.295. The second-order valence-electron chi connectivity index (χ2n) is 2.80. The van der Waals surface area contributed by atoms with Crippen molar-refractivity contribution in [1.29, 1.82) is 0 Å². The van der Waals surface area contributed by atoms with Crippen LogP contribution in [0.3, 0.4) is 0 Å². The molecule has 5 heteroatoms. The van der Waals surface area contributed by atoms with Gasteiger partial charge in [-0.1, -0.05) is 12.1 Å². The lowest BCUT2D eigenvalue weighted by Gasteiger charge is -2.00. The largest absolute Gasteiger partial charge is 0.618 e. The van der Waals surface area contributed by atoms with E-state index >= 15 is 0 Å². The first-order valence-electron chi connectivity index (χ1n) is 3.95. The van der Waals surface area contributed by atoms with Gasteiger partial charge in [0.25, 0.3) is 5.69 Å². The SMILES string of the molecule is O=[N+]([O-])c1cc[n+]([O-])c2ccccc12. The highest BCUT2D eigenvalue weighted by Gasteiger charge is 2.15. The van der Waals surface area contributed by atoms with Crippen LogP contribution in [0.2, 0.25) is 0 Å². The smallest absolute Gasteiger partial charge is 0.289 e. The molecular formula is C9H6N2O3. The van der Waals surface area contributed by atoms with Crippen molar-refractivity contribution < 1.29 is 9.65 Å². The summed E-state index contributed by atoms with van der Waals surface area (Å²) in [5.74, 6) is 0. The molecular weight excluding hydrogens is 184 g/mol. The molecule has 5 nitrogen and oxygen atoms in total. The summed E-state index contributed by atoms with van der Waals surface area (Å²) in [5, 5.41) is 22.2. The lowest BCUT2D eigenvalue weighted by molar-refractivity contribution is -0.577. The van der Waals surface area contributed by atoms with E-state index in [1.54, 1.807) is 24.3 Å². The maximum absolute atomic E-state index is 11.2. The zero-order valence-electron chi connectivity index (χ0n) is 7.08. The predicted octanol–water partition coefficient (Wildman–Crippen LogP) is 1.38. The highest BCUT2D eigenvalue weighted by Crippen LogP contribution is 2.21. The lowest BCUT2D eigenvalue weighted by atomic mass is 10.2. The molecule has 0 radical (unpaired) electrons. The first-order chi connectivity index (χ1) is 6.70. The van der Waals surface area contributed by atoms with Gasteiger partial charge in [-0.15, -0.1) is 0 Å². The number of hydrogen-bond donors (Lipinski definition) is 0. The first-order valence-corrected chi connectivity index (χ1v) is 3.95. The fourth-order valence-electron chi connectivity index (χ4n) is 1.35. The van der Waals surface area contributed by atoms with Crippen LogP contribution in [0.4, 0.5) is 5.69 Å². The van der Waals surface area contributed by atoms with Crippen LogP contribution in [0.1, 0.15) is 0 Å². The van der Waals surface area contributed by atoms with Crippen LogP contribution in [0.5, 0.6) is 0 Å². The van der Waals surface area contributed by atoms with E-state index in [2.05, 4.69) is 0 Å². The van der Waals surface area contributed by atoms with Crippen LogP contribution in [-0.2, 0) is 0 Å². The van der Waals surface area contributed by atoms with Gasteiger partial charge in [-0.25, -0.2) is 0 Å². The van der Waals surface area contributed by atoms with E-state index in [-0.39, 0.29) is 5.69 Å². The van der Waals surface area contributed by atoms with Gasteiger partial charge in [0.1, 0.15) is 5.39 Å². The summed E-state index contributed by atoms with van der Waals surface area (Å²) in [6.07, 6.45) is 1.14. The Bertz CT molecular complexity index is 510. The van der Waals surface area contributed by atoms with E-state index in [1.807, 2.05) is 0 Å². The Labute approximate surface area is 78.9 Å². The monoisotopic (exact) mass is 190 g/mol. The normalized spacial score (nSPS) is 10.3. The van der Waals surface area contributed by atoms with Crippen LogP contribution < -0.4 is 4.73 Å². The van der Waals surface area contributed by atoms with E-state index < -0.39 is 4.92 Å². The Morgan fingerprint density at radius 2 is 1.93 bits per heavy atom. The van der Waals surface area contributed by atoms with E-state index in [0.717, 1.165) is 6.20 Å². The molecule has 1 heterocycles. The molecule has 70 valence electrons. The van der Waals surface area contributed by atoms with Crippen LogP contribution in [0, 0.1) is 15.3 Å². The number of benzene rings is 1. The van der Waals surface area contributed by atoms with Crippen LogP contribution in [0.25, 0.3) is 10.9 Å². The van der Waals surface area contributed by atoms with Crippen LogP contribution in [0.15, 0.2) is 36.5 Å². The Balaban J connectivity index is 2.88.